The normalized spacial score (nSPS) is 14.6. The van der Waals surface area contributed by atoms with E-state index < -0.39 is 18.1 Å². The van der Waals surface area contributed by atoms with E-state index in [0.29, 0.717) is 44.8 Å². The van der Waals surface area contributed by atoms with Gasteiger partial charge in [-0.1, -0.05) is 71.7 Å². The molecule has 2 atom stereocenters. The standard InChI is InChI=1S/C37H39Cl2N3O6.H2O/c1-42-17-15-28(16-18-42)47-37(44)35(25-7-5-4-6-8-25)41-21-24-9-11-26(12-10-24)36(43)48-33(20-29-30(38)22-40-23-31(29)39)27-13-14-32(45-2)34(19-27)46-3;/h4-14,19,22-23,28,33,35,41H,15-18,20-21H2,1-3H3;1H2/t33-,35?;/m0./s1. The zero-order valence-electron chi connectivity index (χ0n) is 27.7. The first-order chi connectivity index (χ1) is 23.2. The molecule has 0 aliphatic carbocycles. The van der Waals surface area contributed by atoms with Crippen LogP contribution in [0, 0.1) is 0 Å². The molecule has 1 aromatic heterocycles. The fourth-order valence-electron chi connectivity index (χ4n) is 5.63. The number of ether oxygens (including phenoxy) is 4. The predicted octanol–water partition coefficient (Wildman–Crippen LogP) is 6.26. The minimum atomic E-state index is -0.738. The molecule has 1 aliphatic rings. The molecule has 1 saturated heterocycles. The van der Waals surface area contributed by atoms with Crippen molar-refractivity contribution in [2.75, 3.05) is 34.4 Å². The lowest BCUT2D eigenvalue weighted by Crippen LogP contribution is -2.38. The third-order valence-corrected chi connectivity index (χ3v) is 9.11. The van der Waals surface area contributed by atoms with Crippen molar-refractivity contribution < 1.29 is 39.0 Å². The second kappa shape index (κ2) is 18.0. The molecule has 12 heteroatoms. The molecule has 10 nitrogen and oxygen atoms in total. The Morgan fingerprint density at radius 1 is 0.898 bits per heavy atom. The van der Waals surface area contributed by atoms with Crippen LogP contribution in [0.25, 0.3) is 0 Å². The van der Waals surface area contributed by atoms with Crippen molar-refractivity contribution >= 4 is 35.1 Å². The number of piperidine rings is 1. The average molecular weight is 711 g/mol. The summed E-state index contributed by atoms with van der Waals surface area (Å²) in [5.41, 5.74) is 3.39. The zero-order chi connectivity index (χ0) is 34.0. The van der Waals surface area contributed by atoms with E-state index in [4.69, 9.17) is 42.1 Å². The van der Waals surface area contributed by atoms with Crippen LogP contribution in [0.3, 0.4) is 0 Å². The highest BCUT2D eigenvalue weighted by Crippen LogP contribution is 2.35. The molecule has 0 saturated carbocycles. The summed E-state index contributed by atoms with van der Waals surface area (Å²) in [6.07, 6.45) is 4.28. The Morgan fingerprint density at radius 2 is 1.55 bits per heavy atom. The molecule has 0 radical (unpaired) electrons. The maximum Gasteiger partial charge on any atom is 0.338 e. The summed E-state index contributed by atoms with van der Waals surface area (Å²) < 4.78 is 22.9. The Kier molecular flexibility index (Phi) is 13.8. The number of pyridine rings is 1. The monoisotopic (exact) mass is 709 g/mol. The van der Waals surface area contributed by atoms with E-state index in [0.717, 1.165) is 37.1 Å². The lowest BCUT2D eigenvalue weighted by Gasteiger charge is -2.30. The Bertz CT molecular complexity index is 1660. The predicted molar refractivity (Wildman–Crippen MR) is 185 cm³/mol. The molecule has 0 bridgehead atoms. The van der Waals surface area contributed by atoms with Crippen molar-refractivity contribution in [1.82, 2.24) is 10.2 Å². The van der Waals surface area contributed by atoms with Gasteiger partial charge in [0.05, 0.1) is 19.8 Å². The number of rotatable bonds is 13. The highest BCUT2D eigenvalue weighted by molar-refractivity contribution is 6.35. The minimum Gasteiger partial charge on any atom is -0.870 e. The molecular formula is C37H41Cl2N3O7. The van der Waals surface area contributed by atoms with E-state index in [1.807, 2.05) is 48.5 Å². The molecular weight excluding hydrogens is 669 g/mol. The number of nitrogens with zero attached hydrogens (tertiary/aromatic N) is 1. The molecule has 260 valence electrons. The molecule has 0 amide bonds. The number of hydrogen-bond donors (Lipinski definition) is 1. The Labute approximate surface area is 296 Å². The third kappa shape index (κ3) is 9.93. The summed E-state index contributed by atoms with van der Waals surface area (Å²) in [6, 6.07) is 21.3. The fraction of sp³-hybridized carbons (Fsp3) is 0.324. The van der Waals surface area contributed by atoms with Crippen molar-refractivity contribution in [2.45, 2.75) is 44.1 Å². The smallest absolute Gasteiger partial charge is 0.338 e. The number of nitrogens with one attached hydrogen (secondary N) is 2. The van der Waals surface area contributed by atoms with Gasteiger partial charge in [0.2, 0.25) is 0 Å². The van der Waals surface area contributed by atoms with Crippen molar-refractivity contribution in [3.05, 3.63) is 123 Å². The summed E-state index contributed by atoms with van der Waals surface area (Å²) in [7, 11) is 5.17. The molecule has 2 heterocycles. The number of carbonyl (C=O) groups is 2. The summed E-state index contributed by atoms with van der Waals surface area (Å²) in [4.78, 5) is 32.0. The lowest BCUT2D eigenvalue weighted by molar-refractivity contribution is -0.377. The second-order valence-electron chi connectivity index (χ2n) is 11.7. The molecule has 1 fully saturated rings. The number of benzene rings is 3. The third-order valence-electron chi connectivity index (χ3n) is 8.43. The van der Waals surface area contributed by atoms with Gasteiger partial charge in [0.15, 0.2) is 23.9 Å². The first kappa shape index (κ1) is 37.6. The number of likely N-dealkylation sites (tertiary alicyclic amines) is 1. The summed E-state index contributed by atoms with van der Waals surface area (Å²) in [5, 5.41) is 4.20. The largest absolute Gasteiger partial charge is 0.870 e. The van der Waals surface area contributed by atoms with Gasteiger partial charge in [0.25, 0.3) is 0 Å². The maximum absolute atomic E-state index is 13.5. The Morgan fingerprint density at radius 3 is 2.18 bits per heavy atom. The highest BCUT2D eigenvalue weighted by atomic mass is 35.5. The van der Waals surface area contributed by atoms with Crippen molar-refractivity contribution in [3.8, 4) is 11.5 Å². The van der Waals surface area contributed by atoms with Crippen LogP contribution < -0.4 is 19.8 Å². The van der Waals surface area contributed by atoms with Crippen LogP contribution in [-0.4, -0.2) is 62.8 Å². The van der Waals surface area contributed by atoms with Gasteiger partial charge >= 0.3 is 11.9 Å². The molecule has 3 aromatic carbocycles. The van der Waals surface area contributed by atoms with Gasteiger partial charge in [-0.3, -0.25) is 5.32 Å². The Hall–Kier alpha value is -4.19. The number of carbonyl (C=O) groups excluding carboxylic acids is 2. The zero-order valence-corrected chi connectivity index (χ0v) is 29.2. The summed E-state index contributed by atoms with van der Waals surface area (Å²) in [5.74, 6) is 0.225. The second-order valence-corrected chi connectivity index (χ2v) is 12.5. The van der Waals surface area contributed by atoms with Gasteiger partial charge in [0.1, 0.15) is 28.3 Å². The van der Waals surface area contributed by atoms with Crippen molar-refractivity contribution in [3.63, 3.8) is 0 Å². The van der Waals surface area contributed by atoms with Crippen molar-refractivity contribution in [2.24, 2.45) is 0 Å². The first-order valence-corrected chi connectivity index (χ1v) is 16.5. The van der Waals surface area contributed by atoms with Crippen molar-refractivity contribution in [1.29, 1.82) is 0 Å². The van der Waals surface area contributed by atoms with Crippen LogP contribution >= 0.6 is 23.2 Å². The highest BCUT2D eigenvalue weighted by Gasteiger charge is 2.27. The van der Waals surface area contributed by atoms with E-state index in [1.54, 1.807) is 50.9 Å². The molecule has 4 aromatic rings. The number of hydrogen-bond acceptors (Lipinski definition) is 9. The molecule has 3 N–H and O–H groups in total. The molecule has 1 unspecified atom stereocenters. The Balaban J connectivity index is 0.00000541. The number of esters is 2. The molecule has 49 heavy (non-hydrogen) atoms. The van der Waals surface area contributed by atoms with Crippen LogP contribution in [0.15, 0.2) is 85.2 Å². The number of aromatic amines is 1. The van der Waals surface area contributed by atoms with Crippen LogP contribution in [0.2, 0.25) is 10.0 Å². The number of methoxy groups -OCH3 is 2. The van der Waals surface area contributed by atoms with Crippen LogP contribution in [-0.2, 0) is 27.2 Å². The maximum atomic E-state index is 13.5. The van der Waals surface area contributed by atoms with Gasteiger partial charge in [-0.25, -0.2) is 14.6 Å². The molecule has 1 aliphatic heterocycles. The van der Waals surface area contributed by atoms with Crippen LogP contribution in [0.4, 0.5) is 0 Å². The van der Waals surface area contributed by atoms with E-state index in [9.17, 15) is 9.59 Å². The van der Waals surface area contributed by atoms with E-state index in [1.165, 1.54) is 0 Å². The van der Waals surface area contributed by atoms with Gasteiger partial charge in [-0.15, -0.1) is 0 Å². The van der Waals surface area contributed by atoms with E-state index in [-0.39, 0.29) is 24.0 Å². The molecule has 5 rings (SSSR count). The summed E-state index contributed by atoms with van der Waals surface area (Å²) >= 11 is 12.9. The number of halogens is 2. The van der Waals surface area contributed by atoms with Gasteiger partial charge in [-0.05, 0) is 60.8 Å². The van der Waals surface area contributed by atoms with Gasteiger partial charge in [-0.2, -0.15) is 0 Å². The van der Waals surface area contributed by atoms with E-state index in [2.05, 4.69) is 22.2 Å². The lowest BCUT2D eigenvalue weighted by atomic mass is 10.0. The van der Waals surface area contributed by atoms with Gasteiger partial charge < -0.3 is 29.3 Å². The first-order valence-electron chi connectivity index (χ1n) is 15.8. The molecule has 0 spiro atoms. The summed E-state index contributed by atoms with van der Waals surface area (Å²) in [6.45, 7) is 2.18. The van der Waals surface area contributed by atoms with Crippen LogP contribution in [0.1, 0.15) is 57.6 Å². The quantitative estimate of drug-likeness (QED) is 0.160. The minimum absolute atomic E-state index is 0. The SMILES string of the molecule is COc1ccc([C@H](Cc2c(Cl)c[nH+]cc2Cl)OC(=O)c2ccc(CNC(C(=O)OC3CCN(C)CC3)c3ccccc3)cc2)cc1OC.[OH-]. The van der Waals surface area contributed by atoms with E-state index >= 15 is 0 Å². The number of aromatic nitrogens is 1. The van der Waals surface area contributed by atoms with Gasteiger partial charge in [0, 0.05) is 31.6 Å². The fourth-order valence-corrected chi connectivity index (χ4v) is 6.16. The number of H-pyrrole nitrogens is 1. The van der Waals surface area contributed by atoms with Crippen LogP contribution in [0.5, 0.6) is 11.5 Å². The average Bonchev–Trinajstić information content (AvgIpc) is 3.10. The topological polar surface area (TPSA) is 130 Å².